The van der Waals surface area contributed by atoms with Gasteiger partial charge < -0.3 is 4.98 Å². The van der Waals surface area contributed by atoms with Crippen molar-refractivity contribution in [2.75, 3.05) is 0 Å². The van der Waals surface area contributed by atoms with E-state index in [9.17, 15) is 9.59 Å². The van der Waals surface area contributed by atoms with Crippen LogP contribution >= 0.6 is 0 Å². The Hall–Kier alpha value is -3.73. The van der Waals surface area contributed by atoms with Crippen LogP contribution in [0.3, 0.4) is 0 Å². The number of hydrazone groups is 1. The lowest BCUT2D eigenvalue weighted by Gasteiger charge is -1.99. The molecule has 26 heavy (non-hydrogen) atoms. The molecule has 5 heteroatoms. The number of aromatic nitrogens is 1. The second-order valence-corrected chi connectivity index (χ2v) is 5.55. The molecule has 1 heterocycles. The molecule has 5 nitrogen and oxygen atoms in total. The number of rotatable bonds is 5. The quantitative estimate of drug-likeness (QED) is 0.424. The van der Waals surface area contributed by atoms with Crippen LogP contribution in [0.15, 0.2) is 82.8 Å². The van der Waals surface area contributed by atoms with Gasteiger partial charge in [0.25, 0.3) is 5.91 Å². The number of pyridine rings is 1. The van der Waals surface area contributed by atoms with Crippen LogP contribution in [-0.2, 0) is 0 Å². The van der Waals surface area contributed by atoms with Crippen molar-refractivity contribution in [3.63, 3.8) is 0 Å². The van der Waals surface area contributed by atoms with E-state index in [2.05, 4.69) is 15.5 Å². The van der Waals surface area contributed by atoms with E-state index in [-0.39, 0.29) is 11.5 Å². The lowest BCUT2D eigenvalue weighted by atomic mass is 10.1. The second-order valence-electron chi connectivity index (χ2n) is 5.55. The zero-order chi connectivity index (χ0) is 18.2. The predicted octanol–water partition coefficient (Wildman–Crippen LogP) is 3.31. The zero-order valence-corrected chi connectivity index (χ0v) is 13.9. The Bertz CT molecular complexity index is 967. The van der Waals surface area contributed by atoms with E-state index in [4.69, 9.17) is 0 Å². The lowest BCUT2D eigenvalue weighted by Crippen LogP contribution is -2.19. The summed E-state index contributed by atoms with van der Waals surface area (Å²) in [6.07, 6.45) is 7.00. The zero-order valence-electron chi connectivity index (χ0n) is 13.9. The van der Waals surface area contributed by atoms with Crippen LogP contribution in [0.25, 0.3) is 12.2 Å². The Labute approximate surface area is 150 Å². The minimum absolute atomic E-state index is 0.258. The summed E-state index contributed by atoms with van der Waals surface area (Å²) in [7, 11) is 0. The monoisotopic (exact) mass is 343 g/mol. The third-order valence-electron chi connectivity index (χ3n) is 3.63. The summed E-state index contributed by atoms with van der Waals surface area (Å²) < 4.78 is 0. The summed E-state index contributed by atoms with van der Waals surface area (Å²) in [5, 5.41) is 3.93. The first-order valence-electron chi connectivity index (χ1n) is 8.06. The van der Waals surface area contributed by atoms with E-state index in [1.54, 1.807) is 6.21 Å². The first kappa shape index (κ1) is 17.1. The highest BCUT2D eigenvalue weighted by Crippen LogP contribution is 2.09. The molecule has 0 aliphatic rings. The van der Waals surface area contributed by atoms with Crippen molar-refractivity contribution >= 4 is 24.3 Å². The largest absolute Gasteiger partial charge is 0.328 e. The lowest BCUT2D eigenvalue weighted by molar-refractivity contribution is 0.0954. The maximum atomic E-state index is 11.9. The van der Waals surface area contributed by atoms with E-state index in [0.29, 0.717) is 5.56 Å². The minimum Gasteiger partial charge on any atom is -0.328 e. The van der Waals surface area contributed by atoms with Crippen molar-refractivity contribution in [3.8, 4) is 0 Å². The van der Waals surface area contributed by atoms with Crippen LogP contribution in [0.2, 0.25) is 0 Å². The molecule has 0 saturated heterocycles. The fraction of sp³-hybridized carbons (Fsp3) is 0. The number of nitrogens with zero attached hydrogens (tertiary/aromatic N) is 1. The number of nitrogens with one attached hydrogen (secondary N) is 2. The minimum atomic E-state index is -0.389. The molecular weight excluding hydrogens is 326 g/mol. The molecule has 0 spiro atoms. The highest BCUT2D eigenvalue weighted by molar-refractivity contribution is 5.94. The predicted molar refractivity (Wildman–Crippen MR) is 104 cm³/mol. The van der Waals surface area contributed by atoms with Gasteiger partial charge in [0.05, 0.1) is 11.8 Å². The van der Waals surface area contributed by atoms with Crippen LogP contribution in [0.1, 0.15) is 27.0 Å². The second kappa shape index (κ2) is 8.39. The molecular formula is C21H17N3O2. The third-order valence-corrected chi connectivity index (χ3v) is 3.63. The van der Waals surface area contributed by atoms with Crippen LogP contribution in [0.4, 0.5) is 0 Å². The van der Waals surface area contributed by atoms with Gasteiger partial charge in [0.1, 0.15) is 0 Å². The maximum Gasteiger partial charge on any atom is 0.272 e. The smallest absolute Gasteiger partial charge is 0.272 e. The summed E-state index contributed by atoms with van der Waals surface area (Å²) in [5.41, 5.74) is 5.58. The molecule has 128 valence electrons. The summed E-state index contributed by atoms with van der Waals surface area (Å²) in [6, 6.07) is 20.6. The molecule has 0 aliphatic carbocycles. The number of benzene rings is 2. The molecule has 0 radical (unpaired) electrons. The molecule has 0 saturated carbocycles. The molecule has 3 rings (SSSR count). The average molecular weight is 343 g/mol. The molecule has 0 atom stereocenters. The molecule has 1 amide bonds. The van der Waals surface area contributed by atoms with Crippen molar-refractivity contribution in [2.24, 2.45) is 5.10 Å². The summed E-state index contributed by atoms with van der Waals surface area (Å²) in [6.45, 7) is 0. The highest BCUT2D eigenvalue weighted by atomic mass is 16.2. The number of aromatic amines is 1. The normalized spacial score (nSPS) is 11.1. The van der Waals surface area contributed by atoms with Gasteiger partial charge in [0.15, 0.2) is 0 Å². The maximum absolute atomic E-state index is 11.9. The first-order chi connectivity index (χ1) is 12.7. The van der Waals surface area contributed by atoms with Gasteiger partial charge in [0.2, 0.25) is 5.56 Å². The van der Waals surface area contributed by atoms with Gasteiger partial charge in [-0.15, -0.1) is 0 Å². The van der Waals surface area contributed by atoms with Crippen molar-refractivity contribution < 1.29 is 4.79 Å². The molecule has 1 aromatic heterocycles. The van der Waals surface area contributed by atoms with Gasteiger partial charge >= 0.3 is 0 Å². The number of carbonyl (C=O) groups is 1. The third kappa shape index (κ3) is 4.88. The Morgan fingerprint density at radius 1 is 0.846 bits per heavy atom. The summed E-state index contributed by atoms with van der Waals surface area (Å²) in [4.78, 5) is 25.3. The van der Waals surface area contributed by atoms with Crippen molar-refractivity contribution in [3.05, 3.63) is 106 Å². The highest BCUT2D eigenvalue weighted by Gasteiger charge is 2.02. The van der Waals surface area contributed by atoms with Gasteiger partial charge in [-0.3, -0.25) is 9.59 Å². The van der Waals surface area contributed by atoms with E-state index in [0.717, 1.165) is 16.7 Å². The van der Waals surface area contributed by atoms with Crippen molar-refractivity contribution in [1.82, 2.24) is 10.4 Å². The van der Waals surface area contributed by atoms with E-state index in [1.165, 1.54) is 18.3 Å². The van der Waals surface area contributed by atoms with Gasteiger partial charge in [-0.2, -0.15) is 5.10 Å². The van der Waals surface area contributed by atoms with E-state index < -0.39 is 0 Å². The van der Waals surface area contributed by atoms with Gasteiger partial charge in [-0.25, -0.2) is 5.43 Å². The Balaban J connectivity index is 1.57. The fourth-order valence-electron chi connectivity index (χ4n) is 2.23. The van der Waals surface area contributed by atoms with E-state index >= 15 is 0 Å². The van der Waals surface area contributed by atoms with Crippen LogP contribution in [0.5, 0.6) is 0 Å². The Morgan fingerprint density at radius 3 is 2.15 bits per heavy atom. The van der Waals surface area contributed by atoms with Gasteiger partial charge in [0, 0.05) is 12.3 Å². The standard InChI is InChI=1S/C21H17N3O2/c25-20-13-12-19(15-22-20)21(26)24-23-14-18-10-8-17(9-11-18)7-6-16-4-2-1-3-5-16/h1-15H,(H,22,25)(H,24,26)/b7-6+,23-14+. The number of hydrogen-bond acceptors (Lipinski definition) is 3. The van der Waals surface area contributed by atoms with Crippen LogP contribution < -0.4 is 11.0 Å². The first-order valence-corrected chi connectivity index (χ1v) is 8.06. The van der Waals surface area contributed by atoms with Crippen molar-refractivity contribution in [1.29, 1.82) is 0 Å². The molecule has 0 bridgehead atoms. The number of hydrogen-bond donors (Lipinski definition) is 2. The van der Waals surface area contributed by atoms with Crippen molar-refractivity contribution in [2.45, 2.75) is 0 Å². The molecule has 0 unspecified atom stereocenters. The topological polar surface area (TPSA) is 74.3 Å². The average Bonchev–Trinajstić information content (AvgIpc) is 2.68. The fourth-order valence-corrected chi connectivity index (χ4v) is 2.23. The summed E-state index contributed by atoms with van der Waals surface area (Å²) >= 11 is 0. The number of amides is 1. The Morgan fingerprint density at radius 2 is 1.50 bits per heavy atom. The molecule has 2 N–H and O–H groups in total. The van der Waals surface area contributed by atoms with Crippen LogP contribution in [0, 0.1) is 0 Å². The molecule has 0 aliphatic heterocycles. The van der Waals surface area contributed by atoms with Crippen LogP contribution in [-0.4, -0.2) is 17.1 Å². The molecule has 0 fully saturated rings. The number of carbonyl (C=O) groups excluding carboxylic acids is 1. The molecule has 2 aromatic carbocycles. The van der Waals surface area contributed by atoms with E-state index in [1.807, 2.05) is 66.7 Å². The Kier molecular flexibility index (Phi) is 5.52. The summed E-state index contributed by atoms with van der Waals surface area (Å²) in [5.74, 6) is -0.389. The van der Waals surface area contributed by atoms with Gasteiger partial charge in [-0.05, 0) is 22.8 Å². The SMILES string of the molecule is O=C(N/N=C/c1ccc(/C=C/c2ccccc2)cc1)c1ccc(=O)[nH]c1. The number of H-pyrrole nitrogens is 1. The van der Waals surface area contributed by atoms with Gasteiger partial charge in [-0.1, -0.05) is 66.7 Å². The molecule has 3 aromatic rings.